The lowest BCUT2D eigenvalue weighted by Gasteiger charge is -2.13. The Balaban J connectivity index is 1.87. The van der Waals surface area contributed by atoms with E-state index in [1.165, 1.54) is 0 Å². The maximum atomic E-state index is 12.2. The van der Waals surface area contributed by atoms with E-state index in [-0.39, 0.29) is 0 Å². The zero-order chi connectivity index (χ0) is 19.9. The number of anilines is 4. The Morgan fingerprint density at radius 1 is 1.07 bits per heavy atom. The monoisotopic (exact) mass is 373 g/mol. The molecule has 0 aliphatic carbocycles. The molecule has 1 heterocycles. The van der Waals surface area contributed by atoms with Crippen LogP contribution in [0.25, 0.3) is 0 Å². The average molecular weight is 373 g/mol. The maximum absolute atomic E-state index is 12.2. The van der Waals surface area contributed by atoms with E-state index in [9.17, 15) is 4.79 Å². The Morgan fingerprint density at radius 2 is 1.82 bits per heavy atom. The van der Waals surface area contributed by atoms with Gasteiger partial charge in [-0.15, -0.1) is 0 Å². The van der Waals surface area contributed by atoms with Crippen LogP contribution in [0.1, 0.15) is 28.7 Å². The predicted molar refractivity (Wildman–Crippen MR) is 107 cm³/mol. The molecule has 0 radical (unpaired) electrons. The molecule has 0 unspecified atom stereocenters. The molecule has 2 N–H and O–H groups in total. The van der Waals surface area contributed by atoms with Gasteiger partial charge in [0.25, 0.3) is 0 Å². The number of nitrogens with zero attached hydrogens (tertiary/aromatic N) is 3. The van der Waals surface area contributed by atoms with Gasteiger partial charge in [0, 0.05) is 11.8 Å². The van der Waals surface area contributed by atoms with E-state index in [1.807, 2.05) is 12.1 Å². The predicted octanol–water partition coefficient (Wildman–Crippen LogP) is 4.32. The third kappa shape index (κ3) is 4.62. The van der Waals surface area contributed by atoms with Crippen LogP contribution in [0.3, 0.4) is 0 Å². The second-order valence-electron chi connectivity index (χ2n) is 5.89. The molecule has 0 fully saturated rings. The Hall–Kier alpha value is -3.92. The summed E-state index contributed by atoms with van der Waals surface area (Å²) >= 11 is 0. The van der Waals surface area contributed by atoms with Crippen LogP contribution in [-0.2, 0) is 4.74 Å². The molecule has 7 nitrogen and oxygen atoms in total. The van der Waals surface area contributed by atoms with Gasteiger partial charge in [0.2, 0.25) is 0 Å². The molecular weight excluding hydrogens is 354 g/mol. The van der Waals surface area contributed by atoms with Crippen LogP contribution in [0.2, 0.25) is 0 Å². The van der Waals surface area contributed by atoms with Crippen molar-refractivity contribution in [2.24, 2.45) is 0 Å². The van der Waals surface area contributed by atoms with E-state index in [2.05, 4.69) is 26.7 Å². The van der Waals surface area contributed by atoms with Gasteiger partial charge < -0.3 is 15.4 Å². The minimum atomic E-state index is -0.400. The molecule has 7 heteroatoms. The van der Waals surface area contributed by atoms with Crippen LogP contribution >= 0.6 is 0 Å². The summed E-state index contributed by atoms with van der Waals surface area (Å²) in [5, 5.41) is 15.4. The Morgan fingerprint density at radius 3 is 2.57 bits per heavy atom. The van der Waals surface area contributed by atoms with Crippen LogP contribution in [-0.4, -0.2) is 22.5 Å². The number of esters is 1. The van der Waals surface area contributed by atoms with Gasteiger partial charge in [-0.3, -0.25) is 0 Å². The fraction of sp³-hybridized carbons (Fsp3) is 0.143. The number of hydrogen-bond donors (Lipinski definition) is 2. The largest absolute Gasteiger partial charge is 0.462 e. The summed E-state index contributed by atoms with van der Waals surface area (Å²) in [6, 6.07) is 18.0. The van der Waals surface area contributed by atoms with Crippen molar-refractivity contribution in [1.82, 2.24) is 9.97 Å². The van der Waals surface area contributed by atoms with Crippen molar-refractivity contribution in [3.8, 4) is 6.07 Å². The van der Waals surface area contributed by atoms with Gasteiger partial charge in [-0.1, -0.05) is 18.2 Å². The van der Waals surface area contributed by atoms with E-state index in [0.29, 0.717) is 40.9 Å². The summed E-state index contributed by atoms with van der Waals surface area (Å²) in [4.78, 5) is 20.9. The van der Waals surface area contributed by atoms with Crippen molar-refractivity contribution in [2.75, 3.05) is 17.2 Å². The van der Waals surface area contributed by atoms with Crippen LogP contribution in [0.15, 0.2) is 54.6 Å². The van der Waals surface area contributed by atoms with Gasteiger partial charge in [0.15, 0.2) is 0 Å². The molecule has 3 rings (SSSR count). The van der Waals surface area contributed by atoms with E-state index in [1.54, 1.807) is 56.3 Å². The Bertz CT molecular complexity index is 1040. The van der Waals surface area contributed by atoms with Gasteiger partial charge >= 0.3 is 5.97 Å². The summed E-state index contributed by atoms with van der Waals surface area (Å²) in [7, 11) is 0. The first-order valence-corrected chi connectivity index (χ1v) is 8.75. The number of ether oxygens (including phenoxy) is 1. The molecule has 3 aromatic rings. The molecule has 0 atom stereocenters. The molecule has 0 aliphatic rings. The fourth-order valence-electron chi connectivity index (χ4n) is 2.63. The molecular formula is C21H19N5O2. The van der Waals surface area contributed by atoms with Gasteiger partial charge in [-0.05, 0) is 44.2 Å². The van der Waals surface area contributed by atoms with Crippen LogP contribution in [0.5, 0.6) is 0 Å². The van der Waals surface area contributed by atoms with Crippen LogP contribution in [0, 0.1) is 18.3 Å². The minimum absolute atomic E-state index is 0.301. The maximum Gasteiger partial charge on any atom is 0.340 e. The van der Waals surface area contributed by atoms with E-state index in [0.717, 1.165) is 5.69 Å². The Labute approximate surface area is 163 Å². The summed E-state index contributed by atoms with van der Waals surface area (Å²) < 4.78 is 5.10. The average Bonchev–Trinajstić information content (AvgIpc) is 2.68. The zero-order valence-electron chi connectivity index (χ0n) is 15.6. The highest BCUT2D eigenvalue weighted by molar-refractivity contribution is 5.96. The number of nitrogens with one attached hydrogen (secondary N) is 2. The van der Waals surface area contributed by atoms with Crippen LogP contribution < -0.4 is 10.6 Å². The van der Waals surface area contributed by atoms with Gasteiger partial charge in [0.1, 0.15) is 17.5 Å². The van der Waals surface area contributed by atoms with Gasteiger partial charge in [0.05, 0.1) is 29.5 Å². The molecule has 1 aromatic heterocycles. The molecule has 0 spiro atoms. The lowest BCUT2D eigenvalue weighted by Crippen LogP contribution is -2.09. The van der Waals surface area contributed by atoms with Gasteiger partial charge in [-0.2, -0.15) is 5.26 Å². The minimum Gasteiger partial charge on any atom is -0.462 e. The Kier molecular flexibility index (Phi) is 5.82. The number of carbonyl (C=O) groups is 1. The highest BCUT2D eigenvalue weighted by atomic mass is 16.5. The number of aromatic nitrogens is 2. The van der Waals surface area contributed by atoms with Crippen molar-refractivity contribution in [3.63, 3.8) is 0 Å². The molecule has 2 aromatic carbocycles. The number of hydrogen-bond acceptors (Lipinski definition) is 7. The smallest absolute Gasteiger partial charge is 0.340 e. The summed E-state index contributed by atoms with van der Waals surface area (Å²) in [6.45, 7) is 3.84. The van der Waals surface area contributed by atoms with Crippen LogP contribution in [0.4, 0.5) is 23.0 Å². The normalized spacial score (nSPS) is 10.0. The molecule has 0 saturated carbocycles. The van der Waals surface area contributed by atoms with E-state index >= 15 is 0 Å². The summed E-state index contributed by atoms with van der Waals surface area (Å²) in [5.41, 5.74) is 2.32. The number of nitriles is 1. The molecule has 0 bridgehead atoms. The van der Waals surface area contributed by atoms with Crippen molar-refractivity contribution in [1.29, 1.82) is 5.26 Å². The second-order valence-corrected chi connectivity index (χ2v) is 5.89. The standard InChI is InChI=1S/C21H19N5O2/c1-3-28-21(27)17-9-4-5-10-18(17)26-20-12-19(23-14(2)24-20)25-16-8-6-7-15(11-16)13-22/h4-12H,3H2,1-2H3,(H2,23,24,25,26). The van der Waals surface area contributed by atoms with Crippen molar-refractivity contribution in [2.45, 2.75) is 13.8 Å². The highest BCUT2D eigenvalue weighted by Crippen LogP contribution is 2.23. The third-order valence-corrected chi connectivity index (χ3v) is 3.79. The third-order valence-electron chi connectivity index (χ3n) is 3.79. The van der Waals surface area contributed by atoms with Gasteiger partial charge in [-0.25, -0.2) is 14.8 Å². The number of carbonyl (C=O) groups excluding carboxylic acids is 1. The molecule has 0 aliphatic heterocycles. The molecule has 0 saturated heterocycles. The highest BCUT2D eigenvalue weighted by Gasteiger charge is 2.13. The first-order valence-electron chi connectivity index (χ1n) is 8.75. The summed E-state index contributed by atoms with van der Waals surface area (Å²) in [6.07, 6.45) is 0. The number of rotatable bonds is 6. The fourth-order valence-corrected chi connectivity index (χ4v) is 2.63. The quantitative estimate of drug-likeness (QED) is 0.621. The molecule has 28 heavy (non-hydrogen) atoms. The van der Waals surface area contributed by atoms with E-state index in [4.69, 9.17) is 10.00 Å². The lowest BCUT2D eigenvalue weighted by molar-refractivity contribution is 0.0527. The lowest BCUT2D eigenvalue weighted by atomic mass is 10.2. The second kappa shape index (κ2) is 8.64. The zero-order valence-corrected chi connectivity index (χ0v) is 15.6. The van der Waals surface area contributed by atoms with Crippen molar-refractivity contribution >= 4 is 29.0 Å². The number of para-hydroxylation sites is 1. The molecule has 0 amide bonds. The molecule has 140 valence electrons. The first-order chi connectivity index (χ1) is 13.6. The number of aryl methyl sites for hydroxylation is 1. The van der Waals surface area contributed by atoms with Crippen molar-refractivity contribution in [3.05, 3.63) is 71.5 Å². The first kappa shape index (κ1) is 18.9. The SMILES string of the molecule is CCOC(=O)c1ccccc1Nc1cc(Nc2cccc(C#N)c2)nc(C)n1. The van der Waals surface area contributed by atoms with E-state index < -0.39 is 5.97 Å². The van der Waals surface area contributed by atoms with Crippen molar-refractivity contribution < 1.29 is 9.53 Å². The summed E-state index contributed by atoms with van der Waals surface area (Å²) in [5.74, 6) is 1.25. The number of benzene rings is 2. The topological polar surface area (TPSA) is 99.9 Å².